The Kier molecular flexibility index (Phi) is 3.57. The Bertz CT molecular complexity index is 684. The van der Waals surface area contributed by atoms with Gasteiger partial charge in [-0.15, -0.1) is 0 Å². The van der Waals surface area contributed by atoms with Gasteiger partial charge in [0, 0.05) is 24.0 Å². The maximum atomic E-state index is 11.2. The number of hydrogen-bond acceptors (Lipinski definition) is 2. The largest absolute Gasteiger partial charge is 0.496 e. The number of ether oxygens (including phenoxy) is 1. The van der Waals surface area contributed by atoms with Gasteiger partial charge in [0.15, 0.2) is 0 Å². The standard InChI is InChI=1S/C16H19NO3/c1-9-7-15(20-5)10(2)6-12(9)14-8-13(16(18)19)11(3)17(14)4/h6-8H,1-5H3,(H,18,19). The molecule has 0 saturated heterocycles. The number of nitrogens with zero attached hydrogens (tertiary/aromatic N) is 1. The minimum absolute atomic E-state index is 0.343. The lowest BCUT2D eigenvalue weighted by Gasteiger charge is -2.12. The van der Waals surface area contributed by atoms with E-state index in [2.05, 4.69) is 0 Å². The number of carbonyl (C=O) groups is 1. The van der Waals surface area contributed by atoms with E-state index in [1.807, 2.05) is 44.5 Å². The van der Waals surface area contributed by atoms with E-state index in [1.165, 1.54) is 0 Å². The summed E-state index contributed by atoms with van der Waals surface area (Å²) in [6, 6.07) is 5.74. The first kappa shape index (κ1) is 14.2. The lowest BCUT2D eigenvalue weighted by atomic mass is 10.0. The summed E-state index contributed by atoms with van der Waals surface area (Å²) in [6.45, 7) is 5.80. The Balaban J connectivity index is 2.66. The van der Waals surface area contributed by atoms with Gasteiger partial charge in [0.05, 0.1) is 12.7 Å². The molecule has 0 unspecified atom stereocenters. The van der Waals surface area contributed by atoms with E-state index in [9.17, 15) is 9.90 Å². The van der Waals surface area contributed by atoms with Crippen LogP contribution in [0.3, 0.4) is 0 Å². The number of carboxylic acids is 1. The van der Waals surface area contributed by atoms with Crippen LogP contribution in [0.25, 0.3) is 11.3 Å². The molecule has 4 heteroatoms. The van der Waals surface area contributed by atoms with Crippen LogP contribution >= 0.6 is 0 Å². The number of hydrogen-bond donors (Lipinski definition) is 1. The summed E-state index contributed by atoms with van der Waals surface area (Å²) in [5, 5.41) is 9.22. The summed E-state index contributed by atoms with van der Waals surface area (Å²) in [7, 11) is 3.53. The van der Waals surface area contributed by atoms with Crippen LogP contribution in [-0.2, 0) is 7.05 Å². The molecular formula is C16H19NO3. The molecule has 0 aliphatic heterocycles. The number of carboxylic acid groups (broad SMARTS) is 1. The number of aromatic nitrogens is 1. The third kappa shape index (κ3) is 2.18. The molecule has 0 fully saturated rings. The molecule has 2 rings (SSSR count). The zero-order chi connectivity index (χ0) is 15.0. The zero-order valence-electron chi connectivity index (χ0n) is 12.4. The van der Waals surface area contributed by atoms with Crippen LogP contribution < -0.4 is 4.74 Å². The summed E-state index contributed by atoms with van der Waals surface area (Å²) in [5.41, 5.74) is 5.12. The van der Waals surface area contributed by atoms with E-state index < -0.39 is 5.97 Å². The fraction of sp³-hybridized carbons (Fsp3) is 0.312. The lowest BCUT2D eigenvalue weighted by molar-refractivity contribution is 0.0696. The maximum absolute atomic E-state index is 11.2. The van der Waals surface area contributed by atoms with Crippen molar-refractivity contribution in [2.75, 3.05) is 7.11 Å². The molecule has 0 bridgehead atoms. The first-order valence-corrected chi connectivity index (χ1v) is 6.42. The molecule has 0 spiro atoms. The van der Waals surface area contributed by atoms with Crippen LogP contribution in [0.4, 0.5) is 0 Å². The lowest BCUT2D eigenvalue weighted by Crippen LogP contribution is -2.00. The van der Waals surface area contributed by atoms with Crippen LogP contribution in [0.1, 0.15) is 27.2 Å². The molecule has 1 aromatic carbocycles. The highest BCUT2D eigenvalue weighted by molar-refractivity contribution is 5.91. The van der Waals surface area contributed by atoms with Crippen LogP contribution in [0.5, 0.6) is 5.75 Å². The third-order valence-corrected chi connectivity index (χ3v) is 3.78. The van der Waals surface area contributed by atoms with E-state index in [0.717, 1.165) is 33.8 Å². The highest BCUT2D eigenvalue weighted by atomic mass is 16.5. The van der Waals surface area contributed by atoms with E-state index >= 15 is 0 Å². The monoisotopic (exact) mass is 273 g/mol. The number of benzene rings is 1. The molecule has 1 heterocycles. The Morgan fingerprint density at radius 1 is 1.15 bits per heavy atom. The van der Waals surface area contributed by atoms with Crippen molar-refractivity contribution in [2.24, 2.45) is 7.05 Å². The van der Waals surface area contributed by atoms with Crippen molar-refractivity contribution in [1.82, 2.24) is 4.57 Å². The van der Waals surface area contributed by atoms with Crippen LogP contribution in [-0.4, -0.2) is 22.8 Å². The van der Waals surface area contributed by atoms with Gasteiger partial charge in [-0.05, 0) is 50.1 Å². The van der Waals surface area contributed by atoms with Gasteiger partial charge in [0.1, 0.15) is 5.75 Å². The molecule has 0 saturated carbocycles. The van der Waals surface area contributed by atoms with Crippen molar-refractivity contribution in [3.8, 4) is 17.0 Å². The Morgan fingerprint density at radius 2 is 1.80 bits per heavy atom. The molecule has 0 atom stereocenters. The smallest absolute Gasteiger partial charge is 0.337 e. The van der Waals surface area contributed by atoms with Gasteiger partial charge in [-0.2, -0.15) is 0 Å². The molecule has 0 amide bonds. The second-order valence-electron chi connectivity index (χ2n) is 5.03. The normalized spacial score (nSPS) is 10.7. The molecule has 0 aliphatic rings. The van der Waals surface area contributed by atoms with Gasteiger partial charge in [-0.25, -0.2) is 4.79 Å². The van der Waals surface area contributed by atoms with Crippen molar-refractivity contribution in [3.63, 3.8) is 0 Å². The second-order valence-corrected chi connectivity index (χ2v) is 5.03. The van der Waals surface area contributed by atoms with Crippen molar-refractivity contribution >= 4 is 5.97 Å². The number of methoxy groups -OCH3 is 1. The van der Waals surface area contributed by atoms with Gasteiger partial charge in [0.25, 0.3) is 0 Å². The van der Waals surface area contributed by atoms with E-state index in [1.54, 1.807) is 13.2 Å². The Hall–Kier alpha value is -2.23. The molecular weight excluding hydrogens is 254 g/mol. The third-order valence-electron chi connectivity index (χ3n) is 3.78. The molecule has 0 aliphatic carbocycles. The fourth-order valence-electron chi connectivity index (χ4n) is 2.46. The first-order valence-electron chi connectivity index (χ1n) is 6.42. The first-order chi connectivity index (χ1) is 9.36. The highest BCUT2D eigenvalue weighted by Crippen LogP contribution is 2.32. The highest BCUT2D eigenvalue weighted by Gasteiger charge is 2.17. The predicted molar refractivity (Wildman–Crippen MR) is 78.6 cm³/mol. The molecule has 2 aromatic rings. The summed E-state index contributed by atoms with van der Waals surface area (Å²) >= 11 is 0. The Labute approximate surface area is 118 Å². The molecule has 1 N–H and O–H groups in total. The molecule has 106 valence electrons. The van der Waals surface area contributed by atoms with Gasteiger partial charge < -0.3 is 14.4 Å². The van der Waals surface area contributed by atoms with Crippen molar-refractivity contribution in [1.29, 1.82) is 0 Å². The van der Waals surface area contributed by atoms with Crippen molar-refractivity contribution in [3.05, 3.63) is 40.6 Å². The molecule has 0 radical (unpaired) electrons. The summed E-state index contributed by atoms with van der Waals surface area (Å²) < 4.78 is 7.23. The number of aromatic carboxylic acids is 1. The quantitative estimate of drug-likeness (QED) is 0.933. The maximum Gasteiger partial charge on any atom is 0.337 e. The topological polar surface area (TPSA) is 51.5 Å². The van der Waals surface area contributed by atoms with Crippen molar-refractivity contribution in [2.45, 2.75) is 20.8 Å². The Morgan fingerprint density at radius 3 is 2.30 bits per heavy atom. The SMILES string of the molecule is COc1cc(C)c(-c2cc(C(=O)O)c(C)n2C)cc1C. The number of rotatable bonds is 3. The van der Waals surface area contributed by atoms with Crippen LogP contribution in [0, 0.1) is 20.8 Å². The minimum atomic E-state index is -0.896. The number of aryl methyl sites for hydroxylation is 2. The summed E-state index contributed by atoms with van der Waals surface area (Å²) in [5.74, 6) is -0.0529. The van der Waals surface area contributed by atoms with Crippen molar-refractivity contribution < 1.29 is 14.6 Å². The zero-order valence-corrected chi connectivity index (χ0v) is 12.4. The van der Waals surface area contributed by atoms with Crippen LogP contribution in [0.15, 0.2) is 18.2 Å². The van der Waals surface area contributed by atoms with E-state index in [-0.39, 0.29) is 0 Å². The predicted octanol–water partition coefficient (Wildman–Crippen LogP) is 3.32. The average Bonchev–Trinajstić information content (AvgIpc) is 2.69. The van der Waals surface area contributed by atoms with E-state index in [0.29, 0.717) is 5.56 Å². The van der Waals surface area contributed by atoms with Gasteiger partial charge in [0.2, 0.25) is 0 Å². The fourth-order valence-corrected chi connectivity index (χ4v) is 2.46. The average molecular weight is 273 g/mol. The van der Waals surface area contributed by atoms with Gasteiger partial charge in [-0.1, -0.05) is 0 Å². The molecule has 4 nitrogen and oxygen atoms in total. The second kappa shape index (κ2) is 5.04. The van der Waals surface area contributed by atoms with Gasteiger partial charge >= 0.3 is 5.97 Å². The minimum Gasteiger partial charge on any atom is -0.496 e. The molecule has 20 heavy (non-hydrogen) atoms. The van der Waals surface area contributed by atoms with Gasteiger partial charge in [-0.3, -0.25) is 0 Å². The molecule has 1 aromatic heterocycles. The van der Waals surface area contributed by atoms with E-state index in [4.69, 9.17) is 4.74 Å². The summed E-state index contributed by atoms with van der Waals surface area (Å²) in [6.07, 6.45) is 0. The summed E-state index contributed by atoms with van der Waals surface area (Å²) in [4.78, 5) is 11.2. The van der Waals surface area contributed by atoms with Crippen LogP contribution in [0.2, 0.25) is 0 Å².